The Balaban J connectivity index is 1.12. The molecule has 0 aliphatic carbocycles. The first-order valence-electron chi connectivity index (χ1n) is 18.4. The van der Waals surface area contributed by atoms with E-state index >= 15 is 0 Å². The van der Waals surface area contributed by atoms with Crippen LogP contribution in [0.2, 0.25) is 0 Å². The average Bonchev–Trinajstić information content (AvgIpc) is 4.01. The van der Waals surface area contributed by atoms with Gasteiger partial charge in [0.15, 0.2) is 5.58 Å². The van der Waals surface area contributed by atoms with E-state index in [-0.39, 0.29) is 0 Å². The van der Waals surface area contributed by atoms with Gasteiger partial charge in [-0.15, -0.1) is 0 Å². The third kappa shape index (κ3) is 4.46. The van der Waals surface area contributed by atoms with Crippen molar-refractivity contribution in [2.75, 3.05) is 4.90 Å². The molecular weight excluding hydrogens is 679 g/mol. The molecule has 0 atom stereocenters. The predicted molar refractivity (Wildman–Crippen MR) is 223 cm³/mol. The van der Waals surface area contributed by atoms with Crippen LogP contribution in [-0.2, 0) is 0 Å². The minimum absolute atomic E-state index is 0.587. The summed E-state index contributed by atoms with van der Waals surface area (Å²) in [7, 11) is 0. The number of aromatic nitrogens is 2. The smallest absolute Gasteiger partial charge is 0.227 e. The minimum atomic E-state index is 0.587. The molecule has 0 aliphatic heterocycles. The molecule has 4 heterocycles. The van der Waals surface area contributed by atoms with Gasteiger partial charge in [-0.1, -0.05) is 84.9 Å². The molecule has 0 unspecified atom stereocenters. The third-order valence-corrected chi connectivity index (χ3v) is 10.8. The second-order valence-electron chi connectivity index (χ2n) is 13.9. The molecule has 0 radical (unpaired) electrons. The first-order chi connectivity index (χ1) is 27.3. The van der Waals surface area contributed by atoms with Crippen LogP contribution in [0.3, 0.4) is 0 Å². The Morgan fingerprint density at radius 1 is 0.418 bits per heavy atom. The summed E-state index contributed by atoms with van der Waals surface area (Å²) in [6.07, 6.45) is 0. The van der Waals surface area contributed by atoms with Gasteiger partial charge in [-0.2, -0.15) is 0 Å². The van der Waals surface area contributed by atoms with Gasteiger partial charge in [0.2, 0.25) is 5.89 Å². The minimum Gasteiger partial charge on any atom is -0.456 e. The molecule has 0 saturated heterocycles. The highest BCUT2D eigenvalue weighted by Crippen LogP contribution is 2.46. The van der Waals surface area contributed by atoms with Crippen LogP contribution < -0.4 is 4.90 Å². The number of rotatable bonds is 5. The third-order valence-electron chi connectivity index (χ3n) is 10.8. The molecule has 258 valence electrons. The zero-order valence-electron chi connectivity index (χ0n) is 29.3. The monoisotopic (exact) mass is 707 g/mol. The largest absolute Gasteiger partial charge is 0.456 e. The van der Waals surface area contributed by atoms with E-state index in [0.29, 0.717) is 5.89 Å². The molecule has 55 heavy (non-hydrogen) atoms. The van der Waals surface area contributed by atoms with Crippen molar-refractivity contribution in [1.82, 2.24) is 9.55 Å². The molecule has 0 aliphatic rings. The summed E-state index contributed by atoms with van der Waals surface area (Å²) >= 11 is 0. The number of oxazole rings is 1. The van der Waals surface area contributed by atoms with Crippen molar-refractivity contribution in [3.63, 3.8) is 0 Å². The van der Waals surface area contributed by atoms with Crippen molar-refractivity contribution in [2.24, 2.45) is 0 Å². The number of benzene rings is 8. The van der Waals surface area contributed by atoms with Crippen LogP contribution in [0, 0.1) is 0 Å². The maximum absolute atomic E-state index is 6.64. The van der Waals surface area contributed by atoms with Crippen LogP contribution in [0.4, 0.5) is 17.1 Å². The van der Waals surface area contributed by atoms with Crippen LogP contribution in [0.5, 0.6) is 0 Å². The van der Waals surface area contributed by atoms with Gasteiger partial charge in [0.25, 0.3) is 0 Å². The van der Waals surface area contributed by atoms with Crippen molar-refractivity contribution in [3.05, 3.63) is 176 Å². The summed E-state index contributed by atoms with van der Waals surface area (Å²) in [5, 5.41) is 6.42. The molecule has 6 heteroatoms. The molecule has 12 rings (SSSR count). The fourth-order valence-corrected chi connectivity index (χ4v) is 8.41. The second kappa shape index (κ2) is 11.5. The standard InChI is InChI=1S/C49H29N3O3/c1-3-12-30(13-4-1)49-50-48-44(55-49)27-26-43-47(48)37-25-23-33(29-45(37)54-43)51(39-19-11-21-42-46(39)36-17-8-10-20-41(36)53-42)32-22-24-35-34-16-7-9-18-38(34)52(40(35)28-32)31-14-5-2-6-15-31/h1-29H. The number of furan rings is 2. The summed E-state index contributed by atoms with van der Waals surface area (Å²) in [4.78, 5) is 7.30. The normalized spacial score (nSPS) is 12.0. The Morgan fingerprint density at radius 3 is 1.93 bits per heavy atom. The molecule has 0 bridgehead atoms. The van der Waals surface area contributed by atoms with Crippen LogP contribution in [-0.4, -0.2) is 9.55 Å². The Morgan fingerprint density at radius 2 is 1.05 bits per heavy atom. The van der Waals surface area contributed by atoms with Gasteiger partial charge in [-0.25, -0.2) is 4.98 Å². The topological polar surface area (TPSA) is 60.5 Å². The van der Waals surface area contributed by atoms with Crippen molar-refractivity contribution in [2.45, 2.75) is 0 Å². The number of anilines is 3. The van der Waals surface area contributed by atoms with Crippen molar-refractivity contribution < 1.29 is 13.3 Å². The number of hydrogen-bond donors (Lipinski definition) is 0. The van der Waals surface area contributed by atoms with Crippen LogP contribution >= 0.6 is 0 Å². The molecule has 0 N–H and O–H groups in total. The van der Waals surface area contributed by atoms with E-state index in [9.17, 15) is 0 Å². The molecule has 0 fully saturated rings. The van der Waals surface area contributed by atoms with E-state index in [2.05, 4.69) is 125 Å². The Kier molecular flexibility index (Phi) is 6.24. The van der Waals surface area contributed by atoms with E-state index in [4.69, 9.17) is 18.2 Å². The van der Waals surface area contributed by atoms with Gasteiger partial charge in [0, 0.05) is 50.2 Å². The lowest BCUT2D eigenvalue weighted by atomic mass is 10.1. The first-order valence-corrected chi connectivity index (χ1v) is 18.4. The van der Waals surface area contributed by atoms with E-state index in [1.807, 2.05) is 60.7 Å². The van der Waals surface area contributed by atoms with E-state index < -0.39 is 0 Å². The quantitative estimate of drug-likeness (QED) is 0.178. The average molecular weight is 708 g/mol. The zero-order chi connectivity index (χ0) is 36.0. The highest BCUT2D eigenvalue weighted by molar-refractivity contribution is 6.18. The zero-order valence-corrected chi connectivity index (χ0v) is 29.3. The molecule has 0 spiro atoms. The van der Waals surface area contributed by atoms with Gasteiger partial charge < -0.3 is 22.7 Å². The summed E-state index contributed by atoms with van der Waals surface area (Å²) in [5.41, 5.74) is 12.0. The lowest BCUT2D eigenvalue weighted by Crippen LogP contribution is -2.10. The maximum atomic E-state index is 6.64. The van der Waals surface area contributed by atoms with Gasteiger partial charge in [0.05, 0.1) is 27.5 Å². The second-order valence-corrected chi connectivity index (χ2v) is 13.9. The molecule has 6 nitrogen and oxygen atoms in total. The fraction of sp³-hybridized carbons (Fsp3) is 0. The number of para-hydroxylation sites is 3. The SMILES string of the molecule is c1ccc(-c2nc3c(ccc4oc5cc(N(c6ccc7c8ccccc8n(-c8ccccc8)c7c6)c6cccc7oc8ccccc8c67)ccc5c43)o2)cc1. The first kappa shape index (κ1) is 29.9. The van der Waals surface area contributed by atoms with Crippen molar-refractivity contribution >= 4 is 93.8 Å². The highest BCUT2D eigenvalue weighted by Gasteiger charge is 2.23. The van der Waals surface area contributed by atoms with Crippen LogP contribution in [0.15, 0.2) is 189 Å². The molecule has 8 aromatic carbocycles. The maximum Gasteiger partial charge on any atom is 0.227 e. The van der Waals surface area contributed by atoms with E-state index in [0.717, 1.165) is 94.3 Å². The van der Waals surface area contributed by atoms with Crippen LogP contribution in [0.1, 0.15) is 0 Å². The molecule has 0 amide bonds. The fourth-order valence-electron chi connectivity index (χ4n) is 8.41. The predicted octanol–water partition coefficient (Wildman–Crippen LogP) is 13.9. The summed E-state index contributed by atoms with van der Waals surface area (Å²) < 4.78 is 21.7. The Hall–Kier alpha value is -7.57. The van der Waals surface area contributed by atoms with Crippen LogP contribution in [0.25, 0.3) is 93.9 Å². The van der Waals surface area contributed by atoms with E-state index in [1.54, 1.807) is 0 Å². The lowest BCUT2D eigenvalue weighted by molar-refractivity contribution is 0.619. The van der Waals surface area contributed by atoms with Crippen molar-refractivity contribution in [1.29, 1.82) is 0 Å². The highest BCUT2D eigenvalue weighted by atomic mass is 16.4. The van der Waals surface area contributed by atoms with Gasteiger partial charge in [-0.3, -0.25) is 0 Å². The summed E-state index contributed by atoms with van der Waals surface area (Å²) in [5.74, 6) is 0.587. The number of nitrogens with zero attached hydrogens (tertiary/aromatic N) is 3. The lowest BCUT2D eigenvalue weighted by Gasteiger charge is -2.26. The molecule has 12 aromatic rings. The van der Waals surface area contributed by atoms with Gasteiger partial charge >= 0.3 is 0 Å². The molecular formula is C49H29N3O3. The Bertz CT molecular complexity index is 3440. The number of hydrogen-bond acceptors (Lipinski definition) is 5. The van der Waals surface area contributed by atoms with Gasteiger partial charge in [0.1, 0.15) is 27.8 Å². The summed E-state index contributed by atoms with van der Waals surface area (Å²) in [6.45, 7) is 0. The van der Waals surface area contributed by atoms with Crippen molar-refractivity contribution in [3.8, 4) is 17.1 Å². The van der Waals surface area contributed by atoms with Gasteiger partial charge in [-0.05, 0) is 84.9 Å². The Labute approximate surface area is 313 Å². The summed E-state index contributed by atoms with van der Waals surface area (Å²) in [6, 6.07) is 60.9. The molecule has 4 aromatic heterocycles. The number of fused-ring (bicyclic) bond motifs is 11. The van der Waals surface area contributed by atoms with E-state index in [1.165, 1.54) is 10.8 Å². The molecule has 0 saturated carbocycles.